The minimum atomic E-state index is -3.55. The summed E-state index contributed by atoms with van der Waals surface area (Å²) in [6.45, 7) is 4.49. The van der Waals surface area contributed by atoms with E-state index in [1.54, 1.807) is 12.1 Å². The van der Waals surface area contributed by atoms with Gasteiger partial charge in [-0.05, 0) is 60.0 Å². The third kappa shape index (κ3) is 4.38. The molecule has 0 saturated heterocycles. The molecule has 0 fully saturated rings. The molecular weight excluding hydrogens is 334 g/mol. The molecule has 0 bridgehead atoms. The number of fused-ring (bicyclic) bond motifs is 1. The molecule has 0 unspecified atom stereocenters. The van der Waals surface area contributed by atoms with Crippen molar-refractivity contribution in [3.05, 3.63) is 71.8 Å². The van der Waals surface area contributed by atoms with Crippen molar-refractivity contribution in [3.63, 3.8) is 0 Å². The lowest BCUT2D eigenvalue weighted by molar-refractivity contribution is 0.322. The Balaban J connectivity index is 1.63. The van der Waals surface area contributed by atoms with Gasteiger partial charge >= 0.3 is 0 Å². The summed E-state index contributed by atoms with van der Waals surface area (Å²) in [6, 6.07) is 18.7. The van der Waals surface area contributed by atoms with Crippen molar-refractivity contribution in [1.82, 2.24) is 4.72 Å². The van der Waals surface area contributed by atoms with E-state index < -0.39 is 10.0 Å². The van der Waals surface area contributed by atoms with Crippen LogP contribution >= 0.6 is 0 Å². The quantitative estimate of drug-likeness (QED) is 0.684. The highest BCUT2D eigenvalue weighted by molar-refractivity contribution is 7.89. The van der Waals surface area contributed by atoms with Gasteiger partial charge in [-0.25, -0.2) is 13.1 Å². The SMILES string of the molecule is Cc1cc(C)cc(OCCNS(=O)(=O)c2ccc3ccccc3c2)c1. The number of rotatable bonds is 6. The molecule has 0 aromatic heterocycles. The molecule has 4 nitrogen and oxygen atoms in total. The molecule has 5 heteroatoms. The number of hydrogen-bond donors (Lipinski definition) is 1. The predicted molar refractivity (Wildman–Crippen MR) is 101 cm³/mol. The van der Waals surface area contributed by atoms with Crippen LogP contribution in [0.3, 0.4) is 0 Å². The molecule has 0 aliphatic heterocycles. The van der Waals surface area contributed by atoms with Crippen LogP contribution in [0.25, 0.3) is 10.8 Å². The average Bonchev–Trinajstić information content (AvgIpc) is 2.57. The summed E-state index contributed by atoms with van der Waals surface area (Å²) in [5, 5.41) is 1.91. The molecule has 0 aliphatic carbocycles. The van der Waals surface area contributed by atoms with E-state index in [0.717, 1.165) is 27.6 Å². The molecule has 3 rings (SSSR count). The summed E-state index contributed by atoms with van der Waals surface area (Å²) in [7, 11) is -3.55. The molecule has 0 heterocycles. The Kier molecular flexibility index (Phi) is 5.06. The van der Waals surface area contributed by atoms with E-state index >= 15 is 0 Å². The van der Waals surface area contributed by atoms with E-state index in [2.05, 4.69) is 10.8 Å². The normalized spacial score (nSPS) is 11.6. The lowest BCUT2D eigenvalue weighted by atomic mass is 10.1. The van der Waals surface area contributed by atoms with Crippen molar-refractivity contribution in [2.75, 3.05) is 13.2 Å². The first-order chi connectivity index (χ1) is 11.9. The second-order valence-electron chi connectivity index (χ2n) is 6.08. The molecule has 0 radical (unpaired) electrons. The van der Waals surface area contributed by atoms with Crippen LogP contribution in [0.4, 0.5) is 0 Å². The maximum atomic E-state index is 12.4. The fraction of sp³-hybridized carbons (Fsp3) is 0.200. The van der Waals surface area contributed by atoms with Crippen LogP contribution in [0.15, 0.2) is 65.6 Å². The molecule has 1 N–H and O–H groups in total. The van der Waals surface area contributed by atoms with Crippen LogP contribution in [-0.2, 0) is 10.0 Å². The van der Waals surface area contributed by atoms with E-state index in [0.29, 0.717) is 0 Å². The molecule has 0 atom stereocenters. The minimum Gasteiger partial charge on any atom is -0.492 e. The number of sulfonamides is 1. The number of ether oxygens (including phenoxy) is 1. The molecule has 0 aliphatic rings. The summed E-state index contributed by atoms with van der Waals surface area (Å²) in [6.07, 6.45) is 0. The van der Waals surface area contributed by atoms with Crippen molar-refractivity contribution in [2.45, 2.75) is 18.7 Å². The van der Waals surface area contributed by atoms with Crippen LogP contribution in [-0.4, -0.2) is 21.6 Å². The van der Waals surface area contributed by atoms with Gasteiger partial charge in [-0.15, -0.1) is 0 Å². The zero-order valence-electron chi connectivity index (χ0n) is 14.3. The van der Waals surface area contributed by atoms with Gasteiger partial charge in [0.1, 0.15) is 12.4 Å². The van der Waals surface area contributed by atoms with Crippen LogP contribution in [0.2, 0.25) is 0 Å². The predicted octanol–water partition coefficient (Wildman–Crippen LogP) is 3.81. The zero-order chi connectivity index (χ0) is 17.9. The average molecular weight is 355 g/mol. The third-order valence-corrected chi connectivity index (χ3v) is 5.35. The first-order valence-corrected chi connectivity index (χ1v) is 9.62. The molecule has 0 spiro atoms. The Morgan fingerprint density at radius 2 is 1.56 bits per heavy atom. The summed E-state index contributed by atoms with van der Waals surface area (Å²) in [4.78, 5) is 0.262. The van der Waals surface area contributed by atoms with Crippen molar-refractivity contribution >= 4 is 20.8 Å². The smallest absolute Gasteiger partial charge is 0.240 e. The van der Waals surface area contributed by atoms with Crippen LogP contribution in [0, 0.1) is 13.8 Å². The van der Waals surface area contributed by atoms with E-state index in [1.165, 1.54) is 0 Å². The Hall–Kier alpha value is -2.37. The first-order valence-electron chi connectivity index (χ1n) is 8.14. The topological polar surface area (TPSA) is 55.4 Å². The maximum Gasteiger partial charge on any atom is 0.240 e. The lowest BCUT2D eigenvalue weighted by Gasteiger charge is -2.10. The molecule has 25 heavy (non-hydrogen) atoms. The Bertz CT molecular complexity index is 976. The first kappa shape index (κ1) is 17.5. The van der Waals surface area contributed by atoms with Crippen molar-refractivity contribution in [3.8, 4) is 5.75 Å². The van der Waals surface area contributed by atoms with E-state index in [9.17, 15) is 8.42 Å². The van der Waals surface area contributed by atoms with E-state index in [-0.39, 0.29) is 18.0 Å². The summed E-state index contributed by atoms with van der Waals surface area (Å²) in [5.41, 5.74) is 2.23. The summed E-state index contributed by atoms with van der Waals surface area (Å²) in [5.74, 6) is 0.752. The van der Waals surface area contributed by atoms with Crippen LogP contribution in [0.5, 0.6) is 5.75 Å². The van der Waals surface area contributed by atoms with E-state index in [1.807, 2.05) is 56.3 Å². The molecule has 0 saturated carbocycles. The van der Waals surface area contributed by atoms with Crippen LogP contribution < -0.4 is 9.46 Å². The van der Waals surface area contributed by atoms with Gasteiger partial charge in [0.15, 0.2) is 0 Å². The fourth-order valence-corrected chi connectivity index (χ4v) is 3.83. The largest absolute Gasteiger partial charge is 0.492 e. The Labute approximate surface area is 148 Å². The molecule has 3 aromatic carbocycles. The molecular formula is C20H21NO3S. The van der Waals surface area contributed by atoms with Crippen LogP contribution in [0.1, 0.15) is 11.1 Å². The van der Waals surface area contributed by atoms with Gasteiger partial charge in [0, 0.05) is 6.54 Å². The minimum absolute atomic E-state index is 0.210. The van der Waals surface area contributed by atoms with Gasteiger partial charge in [-0.3, -0.25) is 0 Å². The van der Waals surface area contributed by atoms with Gasteiger partial charge in [0.2, 0.25) is 10.0 Å². The number of benzene rings is 3. The second-order valence-corrected chi connectivity index (χ2v) is 7.85. The lowest BCUT2D eigenvalue weighted by Crippen LogP contribution is -2.28. The van der Waals surface area contributed by atoms with Crippen molar-refractivity contribution < 1.29 is 13.2 Å². The fourth-order valence-electron chi connectivity index (χ4n) is 2.78. The van der Waals surface area contributed by atoms with Gasteiger partial charge < -0.3 is 4.74 Å². The van der Waals surface area contributed by atoms with Crippen molar-refractivity contribution in [1.29, 1.82) is 0 Å². The number of aryl methyl sites for hydroxylation is 2. The van der Waals surface area contributed by atoms with Gasteiger partial charge in [0.25, 0.3) is 0 Å². The third-order valence-electron chi connectivity index (χ3n) is 3.89. The van der Waals surface area contributed by atoms with Gasteiger partial charge in [0.05, 0.1) is 4.90 Å². The Morgan fingerprint density at radius 1 is 0.880 bits per heavy atom. The number of hydrogen-bond acceptors (Lipinski definition) is 3. The highest BCUT2D eigenvalue weighted by Crippen LogP contribution is 2.19. The molecule has 130 valence electrons. The summed E-state index contributed by atoms with van der Waals surface area (Å²) >= 11 is 0. The zero-order valence-corrected chi connectivity index (χ0v) is 15.1. The standard InChI is InChI=1S/C20H21NO3S/c1-15-11-16(2)13-19(12-15)24-10-9-21-25(22,23)20-8-7-17-5-3-4-6-18(17)14-20/h3-8,11-14,21H,9-10H2,1-2H3. The number of nitrogens with one attached hydrogen (secondary N) is 1. The summed E-state index contributed by atoms with van der Waals surface area (Å²) < 4.78 is 33.1. The monoisotopic (exact) mass is 355 g/mol. The highest BCUT2D eigenvalue weighted by Gasteiger charge is 2.13. The molecule has 3 aromatic rings. The molecule has 0 amide bonds. The van der Waals surface area contributed by atoms with Crippen molar-refractivity contribution in [2.24, 2.45) is 0 Å². The maximum absolute atomic E-state index is 12.4. The second kappa shape index (κ2) is 7.25. The van der Waals surface area contributed by atoms with Gasteiger partial charge in [-0.2, -0.15) is 0 Å². The van der Waals surface area contributed by atoms with Gasteiger partial charge in [-0.1, -0.05) is 36.4 Å². The van der Waals surface area contributed by atoms with E-state index in [4.69, 9.17) is 4.74 Å². The Morgan fingerprint density at radius 3 is 2.28 bits per heavy atom. The highest BCUT2D eigenvalue weighted by atomic mass is 32.2.